The van der Waals surface area contributed by atoms with E-state index in [1.54, 1.807) is 0 Å². The Morgan fingerprint density at radius 2 is 1.86 bits per heavy atom. The van der Waals surface area contributed by atoms with Gasteiger partial charge in [-0.05, 0) is 0 Å². The molecular weight excluding hydrogens is 312 g/mol. The third-order valence-corrected chi connectivity index (χ3v) is 3.58. The maximum absolute atomic E-state index is 12.0. The highest BCUT2D eigenvalue weighted by molar-refractivity contribution is 14.1. The molecule has 0 saturated carbocycles. The summed E-state index contributed by atoms with van der Waals surface area (Å²) >= 11 is 2.06. The van der Waals surface area contributed by atoms with E-state index in [4.69, 9.17) is 9.47 Å². The van der Waals surface area contributed by atoms with Crippen LogP contribution in [-0.2, 0) is 9.47 Å². The highest BCUT2D eigenvalue weighted by Crippen LogP contribution is 2.29. The third-order valence-electron chi connectivity index (χ3n) is 2.19. The number of hydrogen-bond acceptors (Lipinski definition) is 2. The van der Waals surface area contributed by atoms with Gasteiger partial charge in [-0.3, -0.25) is 0 Å². The van der Waals surface area contributed by atoms with E-state index in [1.807, 2.05) is 0 Å². The molecule has 0 aromatic heterocycles. The maximum Gasteiger partial charge on any atom is 0.411 e. The van der Waals surface area contributed by atoms with Gasteiger partial charge in [0.1, 0.15) is 6.61 Å². The first-order valence-corrected chi connectivity index (χ1v) is 5.84. The van der Waals surface area contributed by atoms with Gasteiger partial charge in [0.15, 0.2) is 0 Å². The molecule has 14 heavy (non-hydrogen) atoms. The zero-order chi connectivity index (χ0) is 10.7. The van der Waals surface area contributed by atoms with Crippen molar-refractivity contribution < 1.29 is 22.6 Å². The minimum absolute atomic E-state index is 0.487. The molecule has 0 unspecified atom stereocenters. The quantitative estimate of drug-likeness (QED) is 0.587. The van der Waals surface area contributed by atoms with Crippen LogP contribution in [0.15, 0.2) is 0 Å². The second-order valence-corrected chi connectivity index (χ2v) is 4.10. The lowest BCUT2D eigenvalue weighted by atomic mass is 9.97. The van der Waals surface area contributed by atoms with Crippen molar-refractivity contribution in [1.82, 2.24) is 0 Å². The summed E-state index contributed by atoms with van der Waals surface area (Å²) in [7, 11) is 0. The van der Waals surface area contributed by atoms with Crippen LogP contribution in [0.25, 0.3) is 0 Å². The largest absolute Gasteiger partial charge is 0.411 e. The molecule has 0 spiro atoms. The van der Waals surface area contributed by atoms with Gasteiger partial charge in [-0.15, -0.1) is 0 Å². The van der Waals surface area contributed by atoms with Crippen LogP contribution in [0.3, 0.4) is 0 Å². The summed E-state index contributed by atoms with van der Waals surface area (Å²) in [4.78, 5) is 0. The molecule has 0 radical (unpaired) electrons. The molecule has 1 aliphatic rings. The standard InChI is InChI=1S/C8H12F3IO2/c9-8(10,11)6-14-7(5-12)1-3-13-4-2-7/h1-6H2. The molecule has 1 saturated heterocycles. The van der Waals surface area contributed by atoms with Crippen LogP contribution in [0.1, 0.15) is 12.8 Å². The van der Waals surface area contributed by atoms with Crippen molar-refractivity contribution in [3.8, 4) is 0 Å². The van der Waals surface area contributed by atoms with Gasteiger partial charge in [-0.2, -0.15) is 13.2 Å². The molecule has 0 aliphatic carbocycles. The molecule has 1 aliphatic heterocycles. The molecule has 0 aromatic rings. The van der Waals surface area contributed by atoms with E-state index in [1.165, 1.54) is 0 Å². The predicted octanol–water partition coefficient (Wildman–Crippen LogP) is 2.55. The van der Waals surface area contributed by atoms with Crippen LogP contribution in [0.5, 0.6) is 0 Å². The van der Waals surface area contributed by atoms with E-state index in [2.05, 4.69) is 22.6 Å². The van der Waals surface area contributed by atoms with E-state index in [9.17, 15) is 13.2 Å². The topological polar surface area (TPSA) is 18.5 Å². The fraction of sp³-hybridized carbons (Fsp3) is 1.00. The van der Waals surface area contributed by atoms with Crippen molar-refractivity contribution in [2.45, 2.75) is 24.6 Å². The van der Waals surface area contributed by atoms with E-state index < -0.39 is 18.4 Å². The maximum atomic E-state index is 12.0. The van der Waals surface area contributed by atoms with Crippen molar-refractivity contribution in [2.24, 2.45) is 0 Å². The summed E-state index contributed by atoms with van der Waals surface area (Å²) in [5.74, 6) is 0. The van der Waals surface area contributed by atoms with Crippen molar-refractivity contribution in [2.75, 3.05) is 24.2 Å². The average molecular weight is 324 g/mol. The van der Waals surface area contributed by atoms with Crippen molar-refractivity contribution in [3.05, 3.63) is 0 Å². The monoisotopic (exact) mass is 324 g/mol. The second-order valence-electron chi connectivity index (χ2n) is 3.33. The van der Waals surface area contributed by atoms with Gasteiger partial charge in [0, 0.05) is 30.5 Å². The fourth-order valence-corrected chi connectivity index (χ4v) is 2.28. The summed E-state index contributed by atoms with van der Waals surface area (Å²) in [5, 5.41) is 0. The third kappa shape index (κ3) is 3.90. The van der Waals surface area contributed by atoms with Gasteiger partial charge in [0.25, 0.3) is 0 Å². The van der Waals surface area contributed by atoms with Gasteiger partial charge in [0.05, 0.1) is 5.60 Å². The number of alkyl halides is 4. The first-order valence-electron chi connectivity index (χ1n) is 4.32. The molecule has 0 bridgehead atoms. The smallest absolute Gasteiger partial charge is 0.381 e. The molecule has 1 rings (SSSR count). The van der Waals surface area contributed by atoms with Crippen molar-refractivity contribution in [1.29, 1.82) is 0 Å². The van der Waals surface area contributed by atoms with Crippen LogP contribution in [0, 0.1) is 0 Å². The summed E-state index contributed by atoms with van der Waals surface area (Å²) < 4.78 is 46.5. The van der Waals surface area contributed by atoms with E-state index in [-0.39, 0.29) is 0 Å². The Kier molecular flexibility index (Phi) is 4.45. The molecule has 1 heterocycles. The van der Waals surface area contributed by atoms with Gasteiger partial charge < -0.3 is 9.47 Å². The molecule has 0 N–H and O–H groups in total. The fourth-order valence-electron chi connectivity index (χ4n) is 1.29. The Morgan fingerprint density at radius 1 is 1.29 bits per heavy atom. The van der Waals surface area contributed by atoms with Crippen LogP contribution in [0.2, 0.25) is 0 Å². The van der Waals surface area contributed by atoms with Gasteiger partial charge >= 0.3 is 6.18 Å². The lowest BCUT2D eigenvalue weighted by molar-refractivity contribution is -0.212. The zero-order valence-corrected chi connectivity index (χ0v) is 9.73. The number of ether oxygens (including phenoxy) is 2. The minimum Gasteiger partial charge on any atom is -0.381 e. The first kappa shape index (κ1) is 12.5. The van der Waals surface area contributed by atoms with Crippen LogP contribution < -0.4 is 0 Å². The summed E-state index contributed by atoms with van der Waals surface area (Å²) in [6.45, 7) is -0.183. The molecule has 1 fully saturated rings. The molecule has 6 heteroatoms. The predicted molar refractivity (Wildman–Crippen MR) is 53.7 cm³/mol. The highest BCUT2D eigenvalue weighted by Gasteiger charge is 2.37. The SMILES string of the molecule is FC(F)(F)COC1(CI)CCOCC1. The Hall–Kier alpha value is 0.440. The normalized spacial score (nSPS) is 22.3. The van der Waals surface area contributed by atoms with E-state index in [0.29, 0.717) is 30.5 Å². The number of halogens is 4. The van der Waals surface area contributed by atoms with Gasteiger partial charge in [-0.1, -0.05) is 22.6 Å². The van der Waals surface area contributed by atoms with Crippen molar-refractivity contribution >= 4 is 22.6 Å². The molecule has 0 aromatic carbocycles. The summed E-state index contributed by atoms with van der Waals surface area (Å²) in [6, 6.07) is 0. The molecule has 84 valence electrons. The average Bonchev–Trinajstić information content (AvgIpc) is 2.15. The molecule has 0 atom stereocenters. The van der Waals surface area contributed by atoms with Crippen molar-refractivity contribution in [3.63, 3.8) is 0 Å². The van der Waals surface area contributed by atoms with E-state index >= 15 is 0 Å². The Bertz CT molecular complexity index is 178. The highest BCUT2D eigenvalue weighted by atomic mass is 127. The molecule has 0 amide bonds. The summed E-state index contributed by atoms with van der Waals surface area (Å²) in [6.07, 6.45) is -3.14. The lowest BCUT2D eigenvalue weighted by Gasteiger charge is -2.35. The number of hydrogen-bond donors (Lipinski definition) is 0. The lowest BCUT2D eigenvalue weighted by Crippen LogP contribution is -2.42. The Morgan fingerprint density at radius 3 is 2.29 bits per heavy atom. The van der Waals surface area contributed by atoms with Crippen LogP contribution >= 0.6 is 22.6 Å². The van der Waals surface area contributed by atoms with E-state index in [0.717, 1.165) is 0 Å². The summed E-state index contributed by atoms with van der Waals surface area (Å²) in [5.41, 5.74) is -0.631. The van der Waals surface area contributed by atoms with Gasteiger partial charge in [-0.25, -0.2) is 0 Å². The molecule has 2 nitrogen and oxygen atoms in total. The first-order chi connectivity index (χ1) is 6.47. The van der Waals surface area contributed by atoms with Crippen LogP contribution in [-0.4, -0.2) is 36.0 Å². The van der Waals surface area contributed by atoms with Crippen LogP contribution in [0.4, 0.5) is 13.2 Å². The van der Waals surface area contributed by atoms with Gasteiger partial charge in [0.2, 0.25) is 0 Å². The minimum atomic E-state index is -4.24. The molecular formula is C8H12F3IO2. The zero-order valence-electron chi connectivity index (χ0n) is 7.57. The second kappa shape index (κ2) is 4.98. The Labute approximate surface area is 94.3 Å². The number of rotatable bonds is 3. The Balaban J connectivity index is 2.44.